The second-order valence-corrected chi connectivity index (χ2v) is 6.39. The van der Waals surface area contributed by atoms with E-state index < -0.39 is 0 Å². The molecule has 0 saturated carbocycles. The van der Waals surface area contributed by atoms with Crippen molar-refractivity contribution in [3.63, 3.8) is 0 Å². The molecule has 0 N–H and O–H groups in total. The van der Waals surface area contributed by atoms with E-state index in [0.29, 0.717) is 0 Å². The van der Waals surface area contributed by atoms with E-state index in [-0.39, 0.29) is 0 Å². The molecule has 2 heteroatoms. The van der Waals surface area contributed by atoms with Gasteiger partial charge < -0.3 is 9.64 Å². The number of rotatable bonds is 8. The molecular weight excluding hydrogens is 258 g/mol. The fourth-order valence-corrected chi connectivity index (χ4v) is 3.01. The molecule has 1 saturated heterocycles. The van der Waals surface area contributed by atoms with Gasteiger partial charge in [0, 0.05) is 19.8 Å². The molecule has 0 bridgehead atoms. The Balaban J connectivity index is 1.48. The molecule has 1 aliphatic rings. The Morgan fingerprint density at radius 1 is 0.952 bits per heavy atom. The first-order valence-corrected chi connectivity index (χ1v) is 8.62. The third kappa shape index (κ3) is 6.19. The van der Waals surface area contributed by atoms with Gasteiger partial charge >= 0.3 is 0 Å². The van der Waals surface area contributed by atoms with Crippen LogP contribution >= 0.6 is 0 Å². The third-order valence-corrected chi connectivity index (χ3v) is 4.54. The van der Waals surface area contributed by atoms with Gasteiger partial charge in [0.1, 0.15) is 0 Å². The number of benzene rings is 1. The van der Waals surface area contributed by atoms with Crippen molar-refractivity contribution in [2.45, 2.75) is 52.4 Å². The quantitative estimate of drug-likeness (QED) is 0.667. The highest BCUT2D eigenvalue weighted by Crippen LogP contribution is 2.11. The fraction of sp³-hybridized carbons (Fsp3) is 0.684. The normalized spacial score (nSPS) is 16.3. The molecule has 0 unspecified atom stereocenters. The van der Waals surface area contributed by atoms with E-state index in [9.17, 15) is 0 Å². The van der Waals surface area contributed by atoms with Crippen LogP contribution in [0.1, 0.15) is 48.8 Å². The highest BCUT2D eigenvalue weighted by molar-refractivity contribution is 5.29. The van der Waals surface area contributed by atoms with Crippen molar-refractivity contribution >= 4 is 0 Å². The number of hydrogen-bond donors (Lipinski definition) is 0. The van der Waals surface area contributed by atoms with Crippen LogP contribution in [0.15, 0.2) is 18.2 Å². The molecule has 2 nitrogen and oxygen atoms in total. The maximum Gasteiger partial charge on any atom is 0.0478 e. The van der Waals surface area contributed by atoms with Crippen LogP contribution in [-0.4, -0.2) is 37.7 Å². The Morgan fingerprint density at radius 3 is 2.48 bits per heavy atom. The smallest absolute Gasteiger partial charge is 0.0478 e. The monoisotopic (exact) mass is 289 g/mol. The first-order chi connectivity index (χ1) is 10.3. The van der Waals surface area contributed by atoms with Crippen LogP contribution in [0, 0.1) is 13.8 Å². The van der Waals surface area contributed by atoms with Crippen LogP contribution in [0.4, 0.5) is 0 Å². The first kappa shape index (κ1) is 16.5. The van der Waals surface area contributed by atoms with Gasteiger partial charge in [-0.1, -0.05) is 24.6 Å². The number of piperidine rings is 1. The summed E-state index contributed by atoms with van der Waals surface area (Å²) in [5.74, 6) is 0. The highest BCUT2D eigenvalue weighted by Gasteiger charge is 2.08. The van der Waals surface area contributed by atoms with Crippen molar-refractivity contribution in [2.75, 3.05) is 32.8 Å². The Labute approximate surface area is 130 Å². The lowest BCUT2D eigenvalue weighted by molar-refractivity contribution is 0.115. The molecule has 0 aliphatic carbocycles. The summed E-state index contributed by atoms with van der Waals surface area (Å²) in [6.07, 6.45) is 7.64. The average molecular weight is 289 g/mol. The molecule has 1 heterocycles. The van der Waals surface area contributed by atoms with Crippen molar-refractivity contribution < 1.29 is 4.74 Å². The van der Waals surface area contributed by atoms with Gasteiger partial charge in [0.15, 0.2) is 0 Å². The number of likely N-dealkylation sites (tertiary alicyclic amines) is 1. The van der Waals surface area contributed by atoms with Crippen molar-refractivity contribution in [3.05, 3.63) is 34.9 Å². The van der Waals surface area contributed by atoms with Crippen LogP contribution in [-0.2, 0) is 11.2 Å². The van der Waals surface area contributed by atoms with E-state index in [4.69, 9.17) is 4.74 Å². The van der Waals surface area contributed by atoms with Gasteiger partial charge in [-0.3, -0.25) is 0 Å². The van der Waals surface area contributed by atoms with E-state index in [0.717, 1.165) is 26.1 Å². The van der Waals surface area contributed by atoms with Crippen molar-refractivity contribution in [1.82, 2.24) is 4.90 Å². The summed E-state index contributed by atoms with van der Waals surface area (Å²) >= 11 is 0. The Hall–Kier alpha value is -0.860. The van der Waals surface area contributed by atoms with Gasteiger partial charge in [-0.15, -0.1) is 0 Å². The molecule has 21 heavy (non-hydrogen) atoms. The van der Waals surface area contributed by atoms with Crippen molar-refractivity contribution in [3.8, 4) is 0 Å². The van der Waals surface area contributed by atoms with Gasteiger partial charge in [0.05, 0.1) is 0 Å². The molecule has 1 aromatic carbocycles. The molecule has 1 aliphatic heterocycles. The lowest BCUT2D eigenvalue weighted by atomic mass is 10.0. The minimum Gasteiger partial charge on any atom is -0.381 e. The Bertz CT molecular complexity index is 410. The van der Waals surface area contributed by atoms with Gasteiger partial charge in [0.2, 0.25) is 0 Å². The van der Waals surface area contributed by atoms with E-state index in [1.165, 1.54) is 62.0 Å². The zero-order chi connectivity index (χ0) is 14.9. The Morgan fingerprint density at radius 2 is 1.71 bits per heavy atom. The van der Waals surface area contributed by atoms with E-state index >= 15 is 0 Å². The minimum atomic E-state index is 0.896. The van der Waals surface area contributed by atoms with E-state index in [1.807, 2.05) is 0 Å². The first-order valence-electron chi connectivity index (χ1n) is 8.62. The zero-order valence-electron chi connectivity index (χ0n) is 13.9. The largest absolute Gasteiger partial charge is 0.381 e. The third-order valence-electron chi connectivity index (χ3n) is 4.54. The topological polar surface area (TPSA) is 12.5 Å². The van der Waals surface area contributed by atoms with E-state index in [2.05, 4.69) is 36.9 Å². The van der Waals surface area contributed by atoms with E-state index in [1.54, 1.807) is 0 Å². The molecule has 1 aromatic rings. The SMILES string of the molecule is Cc1ccc(CCCOCCCN2CCCCC2)cc1C. The summed E-state index contributed by atoms with van der Waals surface area (Å²) in [5.41, 5.74) is 4.22. The van der Waals surface area contributed by atoms with Gasteiger partial charge in [-0.2, -0.15) is 0 Å². The molecule has 0 aromatic heterocycles. The molecule has 2 rings (SSSR count). The van der Waals surface area contributed by atoms with Gasteiger partial charge in [-0.05, 0) is 75.7 Å². The predicted octanol–water partition coefficient (Wildman–Crippen LogP) is 4.13. The maximum atomic E-state index is 5.77. The van der Waals surface area contributed by atoms with Crippen LogP contribution < -0.4 is 0 Å². The summed E-state index contributed by atoms with van der Waals surface area (Å²) in [4.78, 5) is 2.59. The predicted molar refractivity (Wildman–Crippen MR) is 90.0 cm³/mol. The summed E-state index contributed by atoms with van der Waals surface area (Å²) in [6.45, 7) is 9.99. The second-order valence-electron chi connectivity index (χ2n) is 6.39. The molecule has 0 amide bonds. The standard InChI is InChI=1S/C19H31NO/c1-17-9-10-19(16-18(17)2)8-6-14-21-15-7-13-20-11-4-3-5-12-20/h9-10,16H,3-8,11-15H2,1-2H3. The lowest BCUT2D eigenvalue weighted by Crippen LogP contribution is -2.31. The molecule has 0 atom stereocenters. The lowest BCUT2D eigenvalue weighted by Gasteiger charge is -2.26. The summed E-state index contributed by atoms with van der Waals surface area (Å²) in [6, 6.07) is 6.79. The van der Waals surface area contributed by atoms with Crippen molar-refractivity contribution in [2.24, 2.45) is 0 Å². The van der Waals surface area contributed by atoms with Gasteiger partial charge in [-0.25, -0.2) is 0 Å². The molecule has 1 fully saturated rings. The number of nitrogens with zero attached hydrogens (tertiary/aromatic N) is 1. The summed E-state index contributed by atoms with van der Waals surface area (Å²) < 4.78 is 5.77. The van der Waals surface area contributed by atoms with Crippen LogP contribution in [0.3, 0.4) is 0 Å². The molecule has 0 spiro atoms. The highest BCUT2D eigenvalue weighted by atomic mass is 16.5. The Kier molecular flexibility index (Phi) is 7.25. The summed E-state index contributed by atoms with van der Waals surface area (Å²) in [7, 11) is 0. The fourth-order valence-electron chi connectivity index (χ4n) is 3.01. The molecule has 0 radical (unpaired) electrons. The molecular formula is C19H31NO. The van der Waals surface area contributed by atoms with Crippen LogP contribution in [0.2, 0.25) is 0 Å². The second kappa shape index (κ2) is 9.22. The van der Waals surface area contributed by atoms with Crippen LogP contribution in [0.5, 0.6) is 0 Å². The number of aryl methyl sites for hydroxylation is 3. The summed E-state index contributed by atoms with van der Waals surface area (Å²) in [5, 5.41) is 0. The maximum absolute atomic E-state index is 5.77. The average Bonchev–Trinajstić information content (AvgIpc) is 2.51. The zero-order valence-corrected chi connectivity index (χ0v) is 13.9. The van der Waals surface area contributed by atoms with Gasteiger partial charge in [0.25, 0.3) is 0 Å². The van der Waals surface area contributed by atoms with Crippen molar-refractivity contribution in [1.29, 1.82) is 0 Å². The number of ether oxygens (including phenoxy) is 1. The minimum absolute atomic E-state index is 0.896. The van der Waals surface area contributed by atoms with Crippen LogP contribution in [0.25, 0.3) is 0 Å². The number of hydrogen-bond acceptors (Lipinski definition) is 2. The molecule has 118 valence electrons.